The first kappa shape index (κ1) is 15.8. The van der Waals surface area contributed by atoms with Crippen LogP contribution in [0.15, 0.2) is 22.7 Å². The fourth-order valence-electron chi connectivity index (χ4n) is 2.36. The minimum absolute atomic E-state index is 0.120. The molecule has 3 nitrogen and oxygen atoms in total. The topological polar surface area (TPSA) is 35.5 Å². The second-order valence-electron chi connectivity index (χ2n) is 6.60. The zero-order valence-corrected chi connectivity index (χ0v) is 14.2. The molecule has 0 aliphatic carbocycles. The Kier molecular flexibility index (Phi) is 5.10. The van der Waals surface area contributed by atoms with Gasteiger partial charge < -0.3 is 15.3 Å². The number of nitrogens with one attached hydrogen (secondary N) is 1. The summed E-state index contributed by atoms with van der Waals surface area (Å²) in [7, 11) is 0. The lowest BCUT2D eigenvalue weighted by Gasteiger charge is -2.31. The average Bonchev–Trinajstić information content (AvgIpc) is 2.37. The number of benzene rings is 1. The average molecular weight is 341 g/mol. The van der Waals surface area contributed by atoms with E-state index < -0.39 is 0 Å². The number of aliphatic hydroxyl groups is 1. The largest absolute Gasteiger partial charge is 0.393 e. The summed E-state index contributed by atoms with van der Waals surface area (Å²) in [5.74, 6) is 0. The molecule has 1 aliphatic rings. The Morgan fingerprint density at radius 2 is 1.95 bits per heavy atom. The fraction of sp³-hybridized carbons (Fsp3) is 0.625. The normalized spacial score (nSPS) is 17.6. The van der Waals surface area contributed by atoms with Crippen molar-refractivity contribution in [3.05, 3.63) is 28.2 Å². The molecule has 1 heterocycles. The predicted molar refractivity (Wildman–Crippen MR) is 88.2 cm³/mol. The van der Waals surface area contributed by atoms with Crippen LogP contribution in [0, 0.1) is 0 Å². The highest BCUT2D eigenvalue weighted by molar-refractivity contribution is 9.10. The number of hydrogen-bond acceptors (Lipinski definition) is 3. The van der Waals surface area contributed by atoms with Crippen molar-refractivity contribution in [3.8, 4) is 0 Å². The van der Waals surface area contributed by atoms with Gasteiger partial charge in [-0.25, -0.2) is 0 Å². The van der Waals surface area contributed by atoms with Gasteiger partial charge in [-0.1, -0.05) is 22.0 Å². The second kappa shape index (κ2) is 6.46. The van der Waals surface area contributed by atoms with E-state index in [9.17, 15) is 5.11 Å². The van der Waals surface area contributed by atoms with Crippen LogP contribution in [0.2, 0.25) is 0 Å². The summed E-state index contributed by atoms with van der Waals surface area (Å²) in [6.07, 6.45) is 1.61. The molecule has 0 spiro atoms. The molecule has 0 radical (unpaired) electrons. The lowest BCUT2D eigenvalue weighted by atomic mass is 10.1. The summed E-state index contributed by atoms with van der Waals surface area (Å²) in [5.41, 5.74) is 2.64. The Labute approximate surface area is 130 Å². The highest BCUT2D eigenvalue weighted by atomic mass is 79.9. The lowest BCUT2D eigenvalue weighted by Crippen LogP contribution is -2.36. The molecule has 20 heavy (non-hydrogen) atoms. The molecule has 1 aromatic carbocycles. The highest BCUT2D eigenvalue weighted by Crippen LogP contribution is 2.26. The Balaban J connectivity index is 2.02. The van der Waals surface area contributed by atoms with E-state index >= 15 is 0 Å². The van der Waals surface area contributed by atoms with E-state index in [0.29, 0.717) is 0 Å². The Morgan fingerprint density at radius 3 is 2.50 bits per heavy atom. The van der Waals surface area contributed by atoms with Crippen LogP contribution >= 0.6 is 15.9 Å². The third-order valence-electron chi connectivity index (χ3n) is 3.68. The molecule has 0 saturated carbocycles. The van der Waals surface area contributed by atoms with Crippen LogP contribution in [0.4, 0.5) is 5.69 Å². The molecule has 112 valence electrons. The second-order valence-corrected chi connectivity index (χ2v) is 7.45. The molecular formula is C16H25BrN2O. The Morgan fingerprint density at radius 1 is 1.30 bits per heavy atom. The van der Waals surface area contributed by atoms with Crippen molar-refractivity contribution >= 4 is 21.6 Å². The van der Waals surface area contributed by atoms with E-state index in [-0.39, 0.29) is 11.6 Å². The number of anilines is 1. The lowest BCUT2D eigenvalue weighted by molar-refractivity contribution is 0.145. The summed E-state index contributed by atoms with van der Waals surface area (Å²) in [6, 6.07) is 6.56. The highest BCUT2D eigenvalue weighted by Gasteiger charge is 2.18. The number of piperidine rings is 1. The van der Waals surface area contributed by atoms with Crippen LogP contribution < -0.4 is 10.2 Å². The molecule has 0 amide bonds. The van der Waals surface area contributed by atoms with Gasteiger partial charge in [0.05, 0.1) is 6.10 Å². The first-order chi connectivity index (χ1) is 9.35. The van der Waals surface area contributed by atoms with Crippen molar-refractivity contribution in [1.29, 1.82) is 0 Å². The number of nitrogens with zero attached hydrogens (tertiary/aromatic N) is 1. The third-order valence-corrected chi connectivity index (χ3v) is 4.41. The van der Waals surface area contributed by atoms with Crippen molar-refractivity contribution in [3.63, 3.8) is 0 Å². The molecule has 0 aromatic heterocycles. The van der Waals surface area contributed by atoms with Gasteiger partial charge in [-0.05, 0) is 51.3 Å². The minimum atomic E-state index is -0.120. The number of rotatable bonds is 3. The molecule has 2 N–H and O–H groups in total. The number of hydrogen-bond donors (Lipinski definition) is 2. The standard InChI is InChI=1S/C16H25BrN2O/c1-16(2,3)18-11-12-4-5-13(10-15(12)17)19-8-6-14(20)7-9-19/h4-5,10,14,18,20H,6-9,11H2,1-3H3. The van der Waals surface area contributed by atoms with Crippen molar-refractivity contribution in [1.82, 2.24) is 5.32 Å². The van der Waals surface area contributed by atoms with Crippen molar-refractivity contribution < 1.29 is 5.11 Å². The van der Waals surface area contributed by atoms with Gasteiger partial charge >= 0.3 is 0 Å². The molecule has 1 saturated heterocycles. The number of halogens is 1. The SMILES string of the molecule is CC(C)(C)NCc1ccc(N2CCC(O)CC2)cc1Br. The summed E-state index contributed by atoms with van der Waals surface area (Å²) in [6.45, 7) is 9.26. The van der Waals surface area contributed by atoms with Gasteiger partial charge in [0.1, 0.15) is 0 Å². The van der Waals surface area contributed by atoms with Gasteiger partial charge in [-0.2, -0.15) is 0 Å². The van der Waals surface area contributed by atoms with Crippen LogP contribution in [-0.2, 0) is 6.54 Å². The Hall–Kier alpha value is -0.580. The van der Waals surface area contributed by atoms with E-state index in [0.717, 1.165) is 36.9 Å². The van der Waals surface area contributed by atoms with Crippen molar-refractivity contribution in [2.24, 2.45) is 0 Å². The van der Waals surface area contributed by atoms with E-state index in [1.54, 1.807) is 0 Å². The maximum absolute atomic E-state index is 9.57. The maximum Gasteiger partial charge on any atom is 0.0574 e. The monoisotopic (exact) mass is 340 g/mol. The first-order valence-electron chi connectivity index (χ1n) is 7.31. The third kappa shape index (κ3) is 4.47. The molecular weight excluding hydrogens is 316 g/mol. The molecule has 0 atom stereocenters. The van der Waals surface area contributed by atoms with Crippen molar-refractivity contribution in [2.45, 2.75) is 51.8 Å². The van der Waals surface area contributed by atoms with Gasteiger partial charge in [0.2, 0.25) is 0 Å². The summed E-state index contributed by atoms with van der Waals surface area (Å²) >= 11 is 3.68. The molecule has 1 aromatic rings. The zero-order chi connectivity index (χ0) is 14.8. The smallest absolute Gasteiger partial charge is 0.0574 e. The summed E-state index contributed by atoms with van der Waals surface area (Å²) in [4.78, 5) is 2.35. The van der Waals surface area contributed by atoms with E-state index in [4.69, 9.17) is 0 Å². The molecule has 2 rings (SSSR count). The fourth-order valence-corrected chi connectivity index (χ4v) is 2.87. The van der Waals surface area contributed by atoms with Gasteiger partial charge in [0.25, 0.3) is 0 Å². The minimum Gasteiger partial charge on any atom is -0.393 e. The van der Waals surface area contributed by atoms with Crippen LogP contribution in [0.25, 0.3) is 0 Å². The van der Waals surface area contributed by atoms with E-state index in [1.807, 2.05) is 0 Å². The summed E-state index contributed by atoms with van der Waals surface area (Å²) in [5, 5.41) is 13.1. The van der Waals surface area contributed by atoms with Crippen LogP contribution in [0.3, 0.4) is 0 Å². The zero-order valence-electron chi connectivity index (χ0n) is 12.6. The van der Waals surface area contributed by atoms with Crippen molar-refractivity contribution in [2.75, 3.05) is 18.0 Å². The molecule has 4 heteroatoms. The molecule has 0 unspecified atom stereocenters. The summed E-state index contributed by atoms with van der Waals surface area (Å²) < 4.78 is 1.15. The molecule has 0 bridgehead atoms. The van der Waals surface area contributed by atoms with Crippen LogP contribution in [-0.4, -0.2) is 29.8 Å². The van der Waals surface area contributed by atoms with E-state index in [2.05, 4.69) is 65.1 Å². The maximum atomic E-state index is 9.57. The Bertz CT molecular complexity index is 448. The predicted octanol–water partition coefficient (Wildman–Crippen LogP) is 3.30. The van der Waals surface area contributed by atoms with Crippen LogP contribution in [0.5, 0.6) is 0 Å². The first-order valence-corrected chi connectivity index (χ1v) is 8.11. The molecule has 1 fully saturated rings. The van der Waals surface area contributed by atoms with Gasteiger partial charge in [0.15, 0.2) is 0 Å². The van der Waals surface area contributed by atoms with E-state index in [1.165, 1.54) is 11.3 Å². The molecule has 1 aliphatic heterocycles. The van der Waals surface area contributed by atoms with Gasteiger partial charge in [0, 0.05) is 35.3 Å². The number of aliphatic hydroxyl groups excluding tert-OH is 1. The van der Waals surface area contributed by atoms with Crippen LogP contribution in [0.1, 0.15) is 39.2 Å². The van der Waals surface area contributed by atoms with Gasteiger partial charge in [-0.15, -0.1) is 0 Å². The quantitative estimate of drug-likeness (QED) is 0.886. The van der Waals surface area contributed by atoms with Gasteiger partial charge in [-0.3, -0.25) is 0 Å².